The van der Waals surface area contributed by atoms with E-state index in [4.69, 9.17) is 10.3 Å². The van der Waals surface area contributed by atoms with Gasteiger partial charge in [0.1, 0.15) is 11.3 Å². The van der Waals surface area contributed by atoms with E-state index in [2.05, 4.69) is 5.16 Å². The molecule has 0 spiro atoms. The lowest BCUT2D eigenvalue weighted by molar-refractivity contribution is 0.0788. The van der Waals surface area contributed by atoms with Gasteiger partial charge in [0.2, 0.25) is 0 Å². The van der Waals surface area contributed by atoms with Crippen molar-refractivity contribution in [3.8, 4) is 0 Å². The van der Waals surface area contributed by atoms with Crippen molar-refractivity contribution in [2.75, 3.05) is 13.1 Å². The average molecular weight is 209 g/mol. The molecule has 1 aromatic heterocycles. The van der Waals surface area contributed by atoms with Crippen LogP contribution < -0.4 is 5.73 Å². The molecule has 82 valence electrons. The largest absolute Gasteiger partial charge is 0.361 e. The van der Waals surface area contributed by atoms with E-state index < -0.39 is 0 Å². The fourth-order valence-electron chi connectivity index (χ4n) is 1.92. The van der Waals surface area contributed by atoms with Crippen molar-refractivity contribution in [1.82, 2.24) is 10.1 Å². The lowest BCUT2D eigenvalue weighted by atomic mass is 10.2. The third-order valence-corrected chi connectivity index (χ3v) is 2.76. The van der Waals surface area contributed by atoms with Crippen LogP contribution >= 0.6 is 0 Å². The summed E-state index contributed by atoms with van der Waals surface area (Å²) in [5, 5.41) is 3.77. The smallest absolute Gasteiger partial charge is 0.259 e. The monoisotopic (exact) mass is 209 g/mol. The highest BCUT2D eigenvalue weighted by Gasteiger charge is 2.28. The third kappa shape index (κ3) is 1.74. The van der Waals surface area contributed by atoms with E-state index in [1.54, 1.807) is 18.7 Å². The van der Waals surface area contributed by atoms with Gasteiger partial charge >= 0.3 is 0 Å². The summed E-state index contributed by atoms with van der Waals surface area (Å²) in [5.74, 6) is 0.567. The number of likely N-dealkylation sites (tertiary alicyclic amines) is 1. The summed E-state index contributed by atoms with van der Waals surface area (Å²) in [6.45, 7) is 4.88. The lowest BCUT2D eigenvalue weighted by Gasteiger charge is -2.15. The second kappa shape index (κ2) is 3.66. The van der Waals surface area contributed by atoms with E-state index >= 15 is 0 Å². The molecule has 1 aliphatic heterocycles. The molecule has 5 nitrogen and oxygen atoms in total. The molecule has 0 unspecified atom stereocenters. The number of aromatic nitrogens is 1. The fourth-order valence-corrected chi connectivity index (χ4v) is 1.92. The number of nitrogens with two attached hydrogens (primary N) is 1. The Labute approximate surface area is 88.2 Å². The van der Waals surface area contributed by atoms with Crippen molar-refractivity contribution in [2.45, 2.75) is 26.3 Å². The second-order valence-corrected chi connectivity index (χ2v) is 4.00. The lowest BCUT2D eigenvalue weighted by Crippen LogP contribution is -2.32. The van der Waals surface area contributed by atoms with Crippen LogP contribution in [0.2, 0.25) is 0 Å². The minimum absolute atomic E-state index is 0.0146. The van der Waals surface area contributed by atoms with Crippen molar-refractivity contribution < 1.29 is 9.32 Å². The molecule has 1 aromatic rings. The zero-order valence-electron chi connectivity index (χ0n) is 8.99. The van der Waals surface area contributed by atoms with Crippen LogP contribution in [-0.4, -0.2) is 35.1 Å². The van der Waals surface area contributed by atoms with Gasteiger partial charge in [0, 0.05) is 19.1 Å². The molecule has 1 amide bonds. The van der Waals surface area contributed by atoms with Gasteiger partial charge in [-0.3, -0.25) is 4.79 Å². The van der Waals surface area contributed by atoms with Crippen molar-refractivity contribution in [1.29, 1.82) is 0 Å². The van der Waals surface area contributed by atoms with Crippen molar-refractivity contribution in [2.24, 2.45) is 5.73 Å². The van der Waals surface area contributed by atoms with E-state index in [0.717, 1.165) is 13.0 Å². The number of carbonyl (C=O) groups excluding carboxylic acids is 1. The Balaban J connectivity index is 2.21. The Kier molecular flexibility index (Phi) is 2.48. The number of carbonyl (C=O) groups is 1. The van der Waals surface area contributed by atoms with Gasteiger partial charge in [-0.1, -0.05) is 5.16 Å². The van der Waals surface area contributed by atoms with Crippen molar-refractivity contribution in [3.63, 3.8) is 0 Å². The average Bonchev–Trinajstić information content (AvgIpc) is 2.73. The fraction of sp³-hybridized carbons (Fsp3) is 0.600. The van der Waals surface area contributed by atoms with Gasteiger partial charge in [-0.2, -0.15) is 0 Å². The summed E-state index contributed by atoms with van der Waals surface area (Å²) in [6, 6.07) is 0.106. The molecular formula is C10H15N3O2. The highest BCUT2D eigenvalue weighted by molar-refractivity contribution is 5.96. The first-order valence-corrected chi connectivity index (χ1v) is 5.07. The first kappa shape index (κ1) is 10.2. The molecule has 15 heavy (non-hydrogen) atoms. The molecule has 1 aliphatic rings. The van der Waals surface area contributed by atoms with E-state index in [9.17, 15) is 4.79 Å². The topological polar surface area (TPSA) is 72.4 Å². The number of hydrogen-bond donors (Lipinski definition) is 1. The summed E-state index contributed by atoms with van der Waals surface area (Å²) < 4.78 is 4.97. The summed E-state index contributed by atoms with van der Waals surface area (Å²) >= 11 is 0. The molecule has 0 aliphatic carbocycles. The third-order valence-electron chi connectivity index (χ3n) is 2.76. The van der Waals surface area contributed by atoms with Gasteiger partial charge in [-0.15, -0.1) is 0 Å². The van der Waals surface area contributed by atoms with Gasteiger partial charge < -0.3 is 15.2 Å². The zero-order chi connectivity index (χ0) is 11.0. The van der Waals surface area contributed by atoms with Crippen molar-refractivity contribution in [3.05, 3.63) is 17.0 Å². The molecule has 2 rings (SSSR count). The van der Waals surface area contributed by atoms with Gasteiger partial charge in [0.15, 0.2) is 0 Å². The molecule has 1 fully saturated rings. The van der Waals surface area contributed by atoms with Crippen LogP contribution in [0.5, 0.6) is 0 Å². The highest BCUT2D eigenvalue weighted by Crippen LogP contribution is 2.18. The zero-order valence-corrected chi connectivity index (χ0v) is 8.99. The molecule has 0 radical (unpaired) electrons. The minimum Gasteiger partial charge on any atom is -0.361 e. The molecule has 0 saturated carbocycles. The van der Waals surface area contributed by atoms with Crippen LogP contribution in [0.3, 0.4) is 0 Å². The highest BCUT2D eigenvalue weighted by atomic mass is 16.5. The van der Waals surface area contributed by atoms with Gasteiger partial charge in [-0.25, -0.2) is 0 Å². The standard InChI is InChI=1S/C10H15N3O2/c1-6-9(7(2)15-12-6)10(14)13-4-3-8(11)5-13/h8H,3-5,11H2,1-2H3/t8-/m1/s1. The Morgan fingerprint density at radius 3 is 2.80 bits per heavy atom. The molecule has 2 heterocycles. The Hall–Kier alpha value is -1.36. The quantitative estimate of drug-likeness (QED) is 0.729. The van der Waals surface area contributed by atoms with Crippen molar-refractivity contribution >= 4 is 5.91 Å². The Morgan fingerprint density at radius 2 is 2.33 bits per heavy atom. The minimum atomic E-state index is -0.0146. The van der Waals surface area contributed by atoms with Gasteiger partial charge in [0.05, 0.1) is 5.69 Å². The summed E-state index contributed by atoms with van der Waals surface area (Å²) in [6.07, 6.45) is 0.870. The van der Waals surface area contributed by atoms with E-state index in [1.165, 1.54) is 0 Å². The summed E-state index contributed by atoms with van der Waals surface area (Å²) in [4.78, 5) is 13.8. The maximum atomic E-state index is 12.1. The van der Waals surface area contributed by atoms with E-state index in [1.807, 2.05) is 0 Å². The first-order chi connectivity index (χ1) is 7.09. The Bertz CT molecular complexity index is 367. The molecule has 1 atom stereocenters. The van der Waals surface area contributed by atoms with E-state index in [0.29, 0.717) is 23.6 Å². The van der Waals surface area contributed by atoms with Crippen LogP contribution in [-0.2, 0) is 0 Å². The molecule has 2 N–H and O–H groups in total. The summed E-state index contributed by atoms with van der Waals surface area (Å²) in [7, 11) is 0. The SMILES string of the molecule is Cc1noc(C)c1C(=O)N1CC[C@@H](N)C1. The number of amides is 1. The van der Waals surface area contributed by atoms with Crippen LogP contribution in [0.25, 0.3) is 0 Å². The van der Waals surface area contributed by atoms with Crippen LogP contribution in [0.15, 0.2) is 4.52 Å². The number of nitrogens with zero attached hydrogens (tertiary/aromatic N) is 2. The van der Waals surface area contributed by atoms with Gasteiger partial charge in [-0.05, 0) is 20.3 Å². The predicted octanol–water partition coefficient (Wildman–Crippen LogP) is 0.465. The van der Waals surface area contributed by atoms with Crippen LogP contribution in [0, 0.1) is 13.8 Å². The second-order valence-electron chi connectivity index (χ2n) is 4.00. The maximum absolute atomic E-state index is 12.1. The molecule has 0 aromatic carbocycles. The Morgan fingerprint density at radius 1 is 1.60 bits per heavy atom. The first-order valence-electron chi connectivity index (χ1n) is 5.07. The maximum Gasteiger partial charge on any atom is 0.259 e. The van der Waals surface area contributed by atoms with Gasteiger partial charge in [0.25, 0.3) is 5.91 Å². The molecule has 1 saturated heterocycles. The number of aryl methyl sites for hydroxylation is 2. The predicted molar refractivity (Wildman–Crippen MR) is 54.5 cm³/mol. The molecule has 0 bridgehead atoms. The summed E-state index contributed by atoms with van der Waals surface area (Å²) in [5.41, 5.74) is 7.00. The van der Waals surface area contributed by atoms with Crippen LogP contribution in [0.1, 0.15) is 28.2 Å². The molecular weight excluding hydrogens is 194 g/mol. The normalized spacial score (nSPS) is 21.0. The number of hydrogen-bond acceptors (Lipinski definition) is 4. The number of rotatable bonds is 1. The van der Waals surface area contributed by atoms with E-state index in [-0.39, 0.29) is 11.9 Å². The molecule has 5 heteroatoms. The van der Waals surface area contributed by atoms with Crippen LogP contribution in [0.4, 0.5) is 0 Å².